The molecular weight excluding hydrogens is 282 g/mol. The van der Waals surface area contributed by atoms with Gasteiger partial charge in [0, 0.05) is 13.1 Å². The number of ether oxygens (including phenoxy) is 1. The summed E-state index contributed by atoms with van der Waals surface area (Å²) in [6, 6.07) is 1.71. The molecule has 1 fully saturated rings. The second kappa shape index (κ2) is 6.82. The molecule has 0 radical (unpaired) electrons. The summed E-state index contributed by atoms with van der Waals surface area (Å²) in [5, 5.41) is 8.69. The minimum Gasteiger partial charge on any atom is -0.396 e. The van der Waals surface area contributed by atoms with Gasteiger partial charge in [0.2, 0.25) is 0 Å². The van der Waals surface area contributed by atoms with E-state index < -0.39 is 17.5 Å². The van der Waals surface area contributed by atoms with Crippen LogP contribution in [-0.2, 0) is 4.74 Å². The number of nitrogens with two attached hydrogens (primary N) is 1. The van der Waals surface area contributed by atoms with Crippen LogP contribution in [-0.4, -0.2) is 48.3 Å². The van der Waals surface area contributed by atoms with Crippen molar-refractivity contribution in [2.24, 2.45) is 0 Å². The molecule has 1 aromatic rings. The van der Waals surface area contributed by atoms with Crippen molar-refractivity contribution >= 4 is 11.6 Å². The third-order valence-corrected chi connectivity index (χ3v) is 3.47. The number of halogens is 2. The molecule has 21 heavy (non-hydrogen) atoms. The zero-order chi connectivity index (χ0) is 15.4. The van der Waals surface area contributed by atoms with E-state index in [9.17, 15) is 13.6 Å². The molecule has 1 aliphatic heterocycles. The highest BCUT2D eigenvalue weighted by molar-refractivity contribution is 5.95. The van der Waals surface area contributed by atoms with E-state index in [1.807, 2.05) is 0 Å². The smallest absolute Gasteiger partial charge is 0.257 e. The van der Waals surface area contributed by atoms with Gasteiger partial charge in [-0.25, -0.2) is 8.78 Å². The molecule has 1 saturated heterocycles. The predicted molar refractivity (Wildman–Crippen MR) is 72.7 cm³/mol. The largest absolute Gasteiger partial charge is 0.396 e. The molecule has 7 heteroatoms. The Hall–Kier alpha value is -1.73. The van der Waals surface area contributed by atoms with Crippen molar-refractivity contribution in [2.75, 3.05) is 32.0 Å². The Morgan fingerprint density at radius 3 is 2.67 bits per heavy atom. The number of benzene rings is 1. The Morgan fingerprint density at radius 1 is 1.38 bits per heavy atom. The zero-order valence-corrected chi connectivity index (χ0v) is 11.5. The van der Waals surface area contributed by atoms with Gasteiger partial charge in [-0.05, 0) is 25.0 Å². The van der Waals surface area contributed by atoms with E-state index in [1.54, 1.807) is 0 Å². The number of likely N-dealkylation sites (tertiary alicyclic amines) is 1. The number of anilines is 1. The van der Waals surface area contributed by atoms with Crippen LogP contribution in [0.15, 0.2) is 12.1 Å². The standard InChI is InChI=1S/C14H18F2N2O3/c15-9-7-11(13(16)12(17)8-9)14(20)18-3-1-10(2-4-18)21-6-5-19/h7-8,10,19H,1-6,17H2. The molecule has 0 unspecified atom stereocenters. The number of aliphatic hydroxyl groups is 1. The molecule has 1 aromatic carbocycles. The quantitative estimate of drug-likeness (QED) is 0.818. The highest BCUT2D eigenvalue weighted by atomic mass is 19.1. The van der Waals surface area contributed by atoms with Crippen molar-refractivity contribution < 1.29 is 23.4 Å². The summed E-state index contributed by atoms with van der Waals surface area (Å²) < 4.78 is 32.5. The normalized spacial score (nSPS) is 16.2. The molecule has 0 bridgehead atoms. The van der Waals surface area contributed by atoms with Gasteiger partial charge >= 0.3 is 0 Å². The van der Waals surface area contributed by atoms with Crippen LogP contribution < -0.4 is 5.73 Å². The number of carbonyl (C=O) groups excluding carboxylic acids is 1. The highest BCUT2D eigenvalue weighted by Crippen LogP contribution is 2.21. The molecule has 0 saturated carbocycles. The summed E-state index contributed by atoms with van der Waals surface area (Å²) >= 11 is 0. The number of hydrogen-bond acceptors (Lipinski definition) is 4. The summed E-state index contributed by atoms with van der Waals surface area (Å²) in [6.45, 7) is 0.996. The SMILES string of the molecule is Nc1cc(F)cc(C(=O)N2CCC(OCCO)CC2)c1F. The maximum absolute atomic E-state index is 13.8. The van der Waals surface area contributed by atoms with Crippen LogP contribution in [0.1, 0.15) is 23.2 Å². The molecule has 0 atom stereocenters. The molecule has 1 aliphatic rings. The molecule has 0 aliphatic carbocycles. The van der Waals surface area contributed by atoms with E-state index in [2.05, 4.69) is 0 Å². The van der Waals surface area contributed by atoms with Crippen LogP contribution in [0.2, 0.25) is 0 Å². The molecule has 1 amide bonds. The van der Waals surface area contributed by atoms with Crippen molar-refractivity contribution in [2.45, 2.75) is 18.9 Å². The van der Waals surface area contributed by atoms with E-state index >= 15 is 0 Å². The first-order chi connectivity index (χ1) is 10.0. The lowest BCUT2D eigenvalue weighted by Gasteiger charge is -2.32. The van der Waals surface area contributed by atoms with E-state index in [1.165, 1.54) is 4.90 Å². The third-order valence-electron chi connectivity index (χ3n) is 3.47. The summed E-state index contributed by atoms with van der Waals surface area (Å²) in [7, 11) is 0. The number of nitrogen functional groups attached to an aromatic ring is 1. The summed E-state index contributed by atoms with van der Waals surface area (Å²) in [6.07, 6.45) is 1.17. The van der Waals surface area contributed by atoms with Crippen molar-refractivity contribution in [3.63, 3.8) is 0 Å². The van der Waals surface area contributed by atoms with Crippen LogP contribution in [0.3, 0.4) is 0 Å². The molecule has 5 nitrogen and oxygen atoms in total. The monoisotopic (exact) mass is 300 g/mol. The summed E-state index contributed by atoms with van der Waals surface area (Å²) in [5.74, 6) is -2.20. The van der Waals surface area contributed by atoms with Crippen LogP contribution in [0, 0.1) is 11.6 Å². The van der Waals surface area contributed by atoms with E-state index in [-0.39, 0.29) is 30.6 Å². The van der Waals surface area contributed by atoms with Crippen molar-refractivity contribution in [3.8, 4) is 0 Å². The molecule has 116 valence electrons. The average Bonchev–Trinajstić information content (AvgIpc) is 2.48. The van der Waals surface area contributed by atoms with Gasteiger partial charge in [0.1, 0.15) is 5.82 Å². The lowest BCUT2D eigenvalue weighted by molar-refractivity contribution is -0.00562. The molecule has 0 spiro atoms. The van der Waals surface area contributed by atoms with Crippen molar-refractivity contribution in [3.05, 3.63) is 29.3 Å². The van der Waals surface area contributed by atoms with Crippen LogP contribution in [0.4, 0.5) is 14.5 Å². The van der Waals surface area contributed by atoms with Crippen molar-refractivity contribution in [1.29, 1.82) is 0 Å². The Labute approximate surface area is 121 Å². The fourth-order valence-electron chi connectivity index (χ4n) is 2.38. The van der Waals surface area contributed by atoms with Gasteiger partial charge in [0.25, 0.3) is 5.91 Å². The zero-order valence-electron chi connectivity index (χ0n) is 11.5. The first-order valence-corrected chi connectivity index (χ1v) is 6.79. The molecular formula is C14H18F2N2O3. The number of hydrogen-bond donors (Lipinski definition) is 2. The fraction of sp³-hybridized carbons (Fsp3) is 0.500. The minimum absolute atomic E-state index is 0.0244. The lowest BCUT2D eigenvalue weighted by atomic mass is 10.1. The molecule has 3 N–H and O–H groups in total. The lowest BCUT2D eigenvalue weighted by Crippen LogP contribution is -2.41. The van der Waals surface area contributed by atoms with E-state index in [4.69, 9.17) is 15.6 Å². The fourth-order valence-corrected chi connectivity index (χ4v) is 2.38. The number of amides is 1. The first kappa shape index (κ1) is 15.7. The van der Waals surface area contributed by atoms with Gasteiger partial charge in [0.05, 0.1) is 30.6 Å². The van der Waals surface area contributed by atoms with Gasteiger partial charge in [-0.3, -0.25) is 4.79 Å². The molecule has 0 aromatic heterocycles. The number of piperidine rings is 1. The van der Waals surface area contributed by atoms with Gasteiger partial charge in [-0.15, -0.1) is 0 Å². The second-order valence-electron chi connectivity index (χ2n) is 4.94. The first-order valence-electron chi connectivity index (χ1n) is 6.79. The van der Waals surface area contributed by atoms with E-state index in [0.29, 0.717) is 25.9 Å². The topological polar surface area (TPSA) is 75.8 Å². The maximum Gasteiger partial charge on any atom is 0.257 e. The van der Waals surface area contributed by atoms with Gasteiger partial charge in [-0.2, -0.15) is 0 Å². The number of carbonyl (C=O) groups is 1. The third kappa shape index (κ3) is 3.68. The number of rotatable bonds is 4. The Bertz CT molecular complexity index is 517. The Kier molecular flexibility index (Phi) is 5.08. The summed E-state index contributed by atoms with van der Waals surface area (Å²) in [5.41, 5.74) is 4.62. The van der Waals surface area contributed by atoms with Crippen LogP contribution >= 0.6 is 0 Å². The maximum atomic E-state index is 13.8. The van der Waals surface area contributed by atoms with Crippen LogP contribution in [0.5, 0.6) is 0 Å². The number of nitrogens with zero attached hydrogens (tertiary/aromatic N) is 1. The average molecular weight is 300 g/mol. The second-order valence-corrected chi connectivity index (χ2v) is 4.94. The van der Waals surface area contributed by atoms with Gasteiger partial charge < -0.3 is 20.5 Å². The van der Waals surface area contributed by atoms with Gasteiger partial charge in [-0.1, -0.05) is 0 Å². The van der Waals surface area contributed by atoms with Crippen LogP contribution in [0.25, 0.3) is 0 Å². The molecule has 1 heterocycles. The van der Waals surface area contributed by atoms with Gasteiger partial charge in [0.15, 0.2) is 5.82 Å². The van der Waals surface area contributed by atoms with E-state index in [0.717, 1.165) is 12.1 Å². The Morgan fingerprint density at radius 2 is 2.05 bits per heavy atom. The number of aliphatic hydroxyl groups excluding tert-OH is 1. The Balaban J connectivity index is 2.02. The van der Waals surface area contributed by atoms with Crippen molar-refractivity contribution in [1.82, 2.24) is 4.90 Å². The predicted octanol–water partition coefficient (Wildman–Crippen LogP) is 1.16. The highest BCUT2D eigenvalue weighted by Gasteiger charge is 2.26. The molecule has 2 rings (SSSR count). The minimum atomic E-state index is -0.889. The summed E-state index contributed by atoms with van der Waals surface area (Å²) in [4.78, 5) is 13.7.